The zero-order valence-electron chi connectivity index (χ0n) is 17.6. The third-order valence-corrected chi connectivity index (χ3v) is 5.00. The van der Waals surface area contributed by atoms with Crippen LogP contribution in [0.15, 0.2) is 12.5 Å². The second-order valence-corrected chi connectivity index (χ2v) is 7.84. The summed E-state index contributed by atoms with van der Waals surface area (Å²) in [6, 6.07) is -3.45. The van der Waals surface area contributed by atoms with Gasteiger partial charge in [-0.1, -0.05) is 0 Å². The van der Waals surface area contributed by atoms with Gasteiger partial charge in [0.1, 0.15) is 18.1 Å². The van der Waals surface area contributed by atoms with E-state index in [0.29, 0.717) is 11.4 Å². The summed E-state index contributed by atoms with van der Waals surface area (Å²) < 4.78 is 0. The monoisotopic (exact) mass is 471 g/mol. The number of carboxylic acid groups (broad SMARTS) is 1. The first-order chi connectivity index (χ1) is 15.2. The minimum Gasteiger partial charge on any atom is -0.480 e. The second kappa shape index (κ2) is 14.0. The number of carboxylic acids is 1. The third kappa shape index (κ3) is 9.78. The van der Waals surface area contributed by atoms with Crippen molar-refractivity contribution in [3.05, 3.63) is 18.2 Å². The van der Waals surface area contributed by atoms with Gasteiger partial charge in [-0.3, -0.25) is 19.2 Å². The number of imidazole rings is 1. The van der Waals surface area contributed by atoms with Crippen LogP contribution < -0.4 is 27.4 Å². The fourth-order valence-corrected chi connectivity index (χ4v) is 3.14. The Hall–Kier alpha value is -3.13. The van der Waals surface area contributed by atoms with Gasteiger partial charge in [0, 0.05) is 24.7 Å². The minimum atomic E-state index is -1.35. The number of hydrogen-bond donors (Lipinski definition) is 7. The quantitative estimate of drug-likeness (QED) is 0.143. The van der Waals surface area contributed by atoms with Crippen molar-refractivity contribution in [2.24, 2.45) is 11.5 Å². The van der Waals surface area contributed by atoms with Crippen LogP contribution >= 0.6 is 11.8 Å². The first-order valence-corrected chi connectivity index (χ1v) is 11.1. The maximum atomic E-state index is 12.9. The Morgan fingerprint density at radius 3 is 2.28 bits per heavy atom. The van der Waals surface area contributed by atoms with Gasteiger partial charge in [-0.05, 0) is 24.9 Å². The van der Waals surface area contributed by atoms with Crippen LogP contribution in [0.25, 0.3) is 0 Å². The lowest BCUT2D eigenvalue weighted by atomic mass is 10.1. The Balaban J connectivity index is 2.93. The molecule has 4 amide bonds. The van der Waals surface area contributed by atoms with Crippen molar-refractivity contribution in [1.29, 1.82) is 0 Å². The fraction of sp³-hybridized carbons (Fsp3) is 0.556. The van der Waals surface area contributed by atoms with E-state index >= 15 is 0 Å². The molecule has 3 atom stereocenters. The standard InChI is InChI=1S/C18H29N7O6S/c1-32-5-4-11(16(28)25-12(18(30)31)2-3-14(20)26)24-17(29)13(23-15(27)7-19)6-10-8-21-9-22-10/h8-9,11-13H,2-7,19H2,1H3,(H2,20,26)(H,21,22)(H,23,27)(H,24,29)(H,25,28)(H,30,31). The molecule has 1 aromatic heterocycles. The van der Waals surface area contributed by atoms with Crippen molar-refractivity contribution < 1.29 is 29.1 Å². The highest BCUT2D eigenvalue weighted by Gasteiger charge is 2.29. The van der Waals surface area contributed by atoms with E-state index in [1.807, 2.05) is 6.26 Å². The first-order valence-electron chi connectivity index (χ1n) is 9.75. The highest BCUT2D eigenvalue weighted by molar-refractivity contribution is 7.98. The average molecular weight is 472 g/mol. The summed E-state index contributed by atoms with van der Waals surface area (Å²) in [5.74, 6) is -3.47. The Labute approximate surface area is 188 Å². The van der Waals surface area contributed by atoms with Crippen molar-refractivity contribution in [3.63, 3.8) is 0 Å². The lowest BCUT2D eigenvalue weighted by Gasteiger charge is -2.24. The molecule has 0 radical (unpaired) electrons. The largest absolute Gasteiger partial charge is 0.480 e. The second-order valence-electron chi connectivity index (χ2n) is 6.85. The van der Waals surface area contributed by atoms with Gasteiger partial charge >= 0.3 is 5.97 Å². The van der Waals surface area contributed by atoms with E-state index in [2.05, 4.69) is 25.9 Å². The number of primary amides is 1. The van der Waals surface area contributed by atoms with Crippen LogP contribution in [0.2, 0.25) is 0 Å². The number of aromatic amines is 1. The molecule has 13 nitrogen and oxygen atoms in total. The fourth-order valence-electron chi connectivity index (χ4n) is 2.67. The Morgan fingerprint density at radius 1 is 1.09 bits per heavy atom. The van der Waals surface area contributed by atoms with Crippen molar-refractivity contribution >= 4 is 41.4 Å². The number of H-pyrrole nitrogens is 1. The number of nitrogens with two attached hydrogens (primary N) is 2. The molecule has 0 saturated carbocycles. The third-order valence-electron chi connectivity index (χ3n) is 4.35. The molecule has 0 aliphatic rings. The molecule has 0 aliphatic carbocycles. The maximum Gasteiger partial charge on any atom is 0.326 e. The molecule has 1 heterocycles. The van der Waals surface area contributed by atoms with E-state index in [4.69, 9.17) is 11.5 Å². The number of amides is 4. The lowest BCUT2D eigenvalue weighted by Crippen LogP contribution is -2.56. The number of thioether (sulfide) groups is 1. The summed E-state index contributed by atoms with van der Waals surface area (Å²) in [5.41, 5.74) is 10.9. The van der Waals surface area contributed by atoms with Crippen LogP contribution in [0, 0.1) is 0 Å². The molecular weight excluding hydrogens is 442 g/mol. The molecule has 14 heteroatoms. The summed E-state index contributed by atoms with van der Waals surface area (Å²) >= 11 is 1.43. The number of carbonyl (C=O) groups is 5. The van der Waals surface area contributed by atoms with E-state index in [1.165, 1.54) is 24.3 Å². The zero-order chi connectivity index (χ0) is 24.1. The van der Waals surface area contributed by atoms with Crippen LogP contribution in [0.5, 0.6) is 0 Å². The number of carbonyl (C=O) groups excluding carboxylic acids is 4. The summed E-state index contributed by atoms with van der Waals surface area (Å²) in [7, 11) is 0. The van der Waals surface area contributed by atoms with Crippen molar-refractivity contribution in [2.45, 2.75) is 43.8 Å². The van der Waals surface area contributed by atoms with Crippen molar-refractivity contribution in [3.8, 4) is 0 Å². The molecule has 0 spiro atoms. The summed E-state index contributed by atoms with van der Waals surface area (Å²) in [5, 5.41) is 16.7. The van der Waals surface area contributed by atoms with Crippen LogP contribution in [0.4, 0.5) is 0 Å². The number of aliphatic carboxylic acids is 1. The minimum absolute atomic E-state index is 0.0742. The summed E-state index contributed by atoms with van der Waals surface area (Å²) in [6.07, 6.45) is 4.59. The molecule has 178 valence electrons. The number of aromatic nitrogens is 2. The molecule has 0 bridgehead atoms. The zero-order valence-corrected chi connectivity index (χ0v) is 18.4. The predicted molar refractivity (Wildman–Crippen MR) is 116 cm³/mol. The van der Waals surface area contributed by atoms with Gasteiger partial charge in [-0.25, -0.2) is 9.78 Å². The smallest absolute Gasteiger partial charge is 0.326 e. The first kappa shape index (κ1) is 26.9. The van der Waals surface area contributed by atoms with E-state index in [1.54, 1.807) is 0 Å². The normalized spacial score (nSPS) is 13.4. The molecule has 1 rings (SSSR count). The topological polar surface area (TPSA) is 222 Å². The molecule has 9 N–H and O–H groups in total. The molecule has 32 heavy (non-hydrogen) atoms. The highest BCUT2D eigenvalue weighted by Crippen LogP contribution is 2.06. The van der Waals surface area contributed by atoms with Crippen LogP contribution in [-0.2, 0) is 30.4 Å². The molecule has 0 aromatic carbocycles. The van der Waals surface area contributed by atoms with Crippen molar-refractivity contribution in [1.82, 2.24) is 25.9 Å². The highest BCUT2D eigenvalue weighted by atomic mass is 32.2. The summed E-state index contributed by atoms with van der Waals surface area (Å²) in [4.78, 5) is 66.4. The van der Waals surface area contributed by atoms with Crippen molar-refractivity contribution in [2.75, 3.05) is 18.6 Å². The Morgan fingerprint density at radius 2 is 1.75 bits per heavy atom. The van der Waals surface area contributed by atoms with Gasteiger partial charge in [-0.2, -0.15) is 11.8 Å². The Bertz CT molecular complexity index is 789. The molecule has 0 saturated heterocycles. The molecular formula is C18H29N7O6S. The maximum absolute atomic E-state index is 12.9. The van der Waals surface area contributed by atoms with Gasteiger partial charge in [0.25, 0.3) is 0 Å². The van der Waals surface area contributed by atoms with Crippen LogP contribution in [0.3, 0.4) is 0 Å². The molecule has 3 unspecified atom stereocenters. The van der Waals surface area contributed by atoms with Gasteiger partial charge in [0.05, 0.1) is 12.9 Å². The van der Waals surface area contributed by atoms with Gasteiger partial charge in [0.15, 0.2) is 0 Å². The van der Waals surface area contributed by atoms with E-state index < -0.39 is 47.7 Å². The van der Waals surface area contributed by atoms with Crippen LogP contribution in [0.1, 0.15) is 25.0 Å². The molecule has 0 aliphatic heterocycles. The SMILES string of the molecule is CSCCC(NC(=O)C(Cc1cnc[nH]1)NC(=O)CN)C(=O)NC(CCC(N)=O)C(=O)O. The van der Waals surface area contributed by atoms with Gasteiger partial charge in [-0.15, -0.1) is 0 Å². The van der Waals surface area contributed by atoms with Crippen LogP contribution in [-0.4, -0.2) is 81.4 Å². The number of nitrogens with one attached hydrogen (secondary N) is 4. The lowest BCUT2D eigenvalue weighted by molar-refractivity contribution is -0.142. The molecule has 1 aromatic rings. The molecule has 0 fully saturated rings. The Kier molecular flexibility index (Phi) is 11.8. The van der Waals surface area contributed by atoms with E-state index in [9.17, 15) is 29.1 Å². The van der Waals surface area contributed by atoms with Gasteiger partial charge < -0.3 is 37.5 Å². The predicted octanol–water partition coefficient (Wildman–Crippen LogP) is -2.53. The van der Waals surface area contributed by atoms with E-state index in [0.717, 1.165) is 0 Å². The number of nitrogens with zero attached hydrogens (tertiary/aromatic N) is 1. The van der Waals surface area contributed by atoms with Gasteiger partial charge in [0.2, 0.25) is 23.6 Å². The van der Waals surface area contributed by atoms with E-state index in [-0.39, 0.29) is 32.2 Å². The summed E-state index contributed by atoms with van der Waals surface area (Å²) in [6.45, 7) is -0.330. The number of hydrogen-bond acceptors (Lipinski definition) is 8. The number of rotatable bonds is 15. The average Bonchev–Trinajstić information content (AvgIpc) is 3.25.